The Morgan fingerprint density at radius 1 is 1.38 bits per heavy atom. The van der Waals surface area contributed by atoms with Crippen LogP contribution in [0.25, 0.3) is 0 Å². The first-order valence-electron chi connectivity index (χ1n) is 7.74. The highest BCUT2D eigenvalue weighted by Gasteiger charge is 2.16. The fourth-order valence-electron chi connectivity index (χ4n) is 2.17. The number of hydrogen-bond acceptors (Lipinski definition) is 5. The number of anilines is 1. The molecule has 0 aromatic carbocycles. The lowest BCUT2D eigenvalue weighted by Gasteiger charge is -2.06. The molecule has 0 spiro atoms. The average Bonchev–Trinajstić information content (AvgIpc) is 2.98. The van der Waals surface area contributed by atoms with Gasteiger partial charge in [0.1, 0.15) is 4.88 Å². The maximum Gasteiger partial charge on any atom is 0.348 e. The number of amides is 1. The van der Waals surface area contributed by atoms with E-state index >= 15 is 0 Å². The van der Waals surface area contributed by atoms with Gasteiger partial charge in [-0.3, -0.25) is 4.79 Å². The predicted molar refractivity (Wildman–Crippen MR) is 95.9 cm³/mol. The summed E-state index contributed by atoms with van der Waals surface area (Å²) >= 11 is 7.30. The van der Waals surface area contributed by atoms with Crippen molar-refractivity contribution in [3.05, 3.63) is 44.9 Å². The van der Waals surface area contributed by atoms with E-state index in [4.69, 9.17) is 16.3 Å². The molecule has 7 heteroatoms. The number of nitrogens with zero attached hydrogens (tertiary/aromatic N) is 1. The van der Waals surface area contributed by atoms with Gasteiger partial charge in [-0.2, -0.15) is 0 Å². The maximum absolute atomic E-state index is 12.1. The summed E-state index contributed by atoms with van der Waals surface area (Å²) in [4.78, 5) is 29.6. The van der Waals surface area contributed by atoms with Crippen LogP contribution >= 0.6 is 22.9 Å². The fraction of sp³-hybridized carbons (Fsp3) is 0.353. The van der Waals surface area contributed by atoms with E-state index in [1.807, 2.05) is 6.07 Å². The molecule has 2 aromatic rings. The first kappa shape index (κ1) is 18.4. The summed E-state index contributed by atoms with van der Waals surface area (Å²) in [6, 6.07) is 5.13. The molecule has 0 saturated heterocycles. The molecular formula is C17H19ClN2O3S. The number of hydrogen-bond donors (Lipinski definition) is 1. The van der Waals surface area contributed by atoms with E-state index in [2.05, 4.69) is 24.1 Å². The molecule has 2 rings (SSSR count). The number of rotatable bonds is 7. The molecule has 0 aliphatic heterocycles. The molecule has 2 aromatic heterocycles. The number of esters is 1. The lowest BCUT2D eigenvalue weighted by molar-refractivity contribution is -0.119. The molecule has 24 heavy (non-hydrogen) atoms. The number of aryl methyl sites for hydroxylation is 2. The molecule has 0 unspecified atom stereocenters. The number of thiophene rings is 1. The zero-order chi connectivity index (χ0) is 17.5. The van der Waals surface area contributed by atoms with Crippen LogP contribution in [0.4, 0.5) is 5.69 Å². The second-order valence-electron chi connectivity index (χ2n) is 5.13. The molecule has 0 saturated carbocycles. The van der Waals surface area contributed by atoms with Crippen molar-refractivity contribution in [1.29, 1.82) is 0 Å². The summed E-state index contributed by atoms with van der Waals surface area (Å²) in [5, 5.41) is 2.75. The number of carbonyl (C=O) groups is 2. The van der Waals surface area contributed by atoms with Crippen molar-refractivity contribution < 1.29 is 14.3 Å². The number of aromatic nitrogens is 1. The Morgan fingerprint density at radius 2 is 2.17 bits per heavy atom. The Morgan fingerprint density at radius 3 is 2.83 bits per heavy atom. The number of carbonyl (C=O) groups excluding carboxylic acids is 2. The van der Waals surface area contributed by atoms with Crippen LogP contribution in [0.1, 0.15) is 40.4 Å². The highest BCUT2D eigenvalue weighted by atomic mass is 35.5. The predicted octanol–water partition coefficient (Wildman–Crippen LogP) is 4.11. The zero-order valence-electron chi connectivity index (χ0n) is 13.6. The minimum atomic E-state index is -0.482. The van der Waals surface area contributed by atoms with Gasteiger partial charge < -0.3 is 10.1 Å². The normalized spacial score (nSPS) is 10.5. The van der Waals surface area contributed by atoms with Crippen LogP contribution in [-0.2, 0) is 22.4 Å². The summed E-state index contributed by atoms with van der Waals surface area (Å²) in [6.07, 6.45) is 4.37. The van der Waals surface area contributed by atoms with Gasteiger partial charge in [0.25, 0.3) is 5.91 Å². The van der Waals surface area contributed by atoms with Gasteiger partial charge in [-0.25, -0.2) is 9.78 Å². The Hall–Kier alpha value is -1.92. The van der Waals surface area contributed by atoms with Crippen molar-refractivity contribution in [2.45, 2.75) is 33.1 Å². The Kier molecular flexibility index (Phi) is 6.75. The smallest absolute Gasteiger partial charge is 0.348 e. The molecule has 1 N–H and O–H groups in total. The molecular weight excluding hydrogens is 348 g/mol. The number of pyridine rings is 1. The monoisotopic (exact) mass is 366 g/mol. The molecule has 0 aliphatic rings. The molecule has 128 valence electrons. The Labute approximate surface area is 150 Å². The van der Waals surface area contributed by atoms with Crippen molar-refractivity contribution in [3.63, 3.8) is 0 Å². The molecule has 0 radical (unpaired) electrons. The molecule has 0 fully saturated rings. The highest BCUT2D eigenvalue weighted by molar-refractivity contribution is 7.14. The van der Waals surface area contributed by atoms with Gasteiger partial charge in [-0.05, 0) is 36.6 Å². The second-order valence-corrected chi connectivity index (χ2v) is 6.62. The van der Waals surface area contributed by atoms with Crippen LogP contribution in [0.15, 0.2) is 24.4 Å². The van der Waals surface area contributed by atoms with Crippen LogP contribution < -0.4 is 5.32 Å². The standard InChI is InChI=1S/C17H19ClN2O3S/c1-3-6-13-11(4-2)9-14(24-13)17(22)23-10-15(21)20-12-7-5-8-19-16(12)18/h5,7-9H,3-4,6,10H2,1-2H3,(H,20,21). The topological polar surface area (TPSA) is 68.3 Å². The summed E-state index contributed by atoms with van der Waals surface area (Å²) < 4.78 is 5.09. The van der Waals surface area contributed by atoms with Gasteiger partial charge in [0, 0.05) is 11.1 Å². The number of halogens is 1. The lowest BCUT2D eigenvalue weighted by atomic mass is 10.1. The van der Waals surface area contributed by atoms with E-state index in [-0.39, 0.29) is 11.8 Å². The second kappa shape index (κ2) is 8.80. The highest BCUT2D eigenvalue weighted by Crippen LogP contribution is 2.25. The van der Waals surface area contributed by atoms with Gasteiger partial charge in [-0.1, -0.05) is 31.9 Å². The summed E-state index contributed by atoms with van der Waals surface area (Å²) in [5.41, 5.74) is 1.55. The van der Waals surface area contributed by atoms with Crippen molar-refractivity contribution >= 4 is 40.5 Å². The first-order valence-corrected chi connectivity index (χ1v) is 8.93. The fourth-order valence-corrected chi connectivity index (χ4v) is 3.59. The summed E-state index contributed by atoms with van der Waals surface area (Å²) in [5.74, 6) is -0.941. The third-order valence-corrected chi connectivity index (χ3v) is 4.84. The minimum Gasteiger partial charge on any atom is -0.451 e. The van der Waals surface area contributed by atoms with Gasteiger partial charge in [0.2, 0.25) is 0 Å². The van der Waals surface area contributed by atoms with Gasteiger partial charge >= 0.3 is 5.97 Å². The van der Waals surface area contributed by atoms with E-state index < -0.39 is 11.9 Å². The zero-order valence-corrected chi connectivity index (χ0v) is 15.2. The van der Waals surface area contributed by atoms with E-state index in [1.165, 1.54) is 28.0 Å². The van der Waals surface area contributed by atoms with E-state index in [0.717, 1.165) is 19.3 Å². The van der Waals surface area contributed by atoms with Crippen LogP contribution in [-0.4, -0.2) is 23.5 Å². The maximum atomic E-state index is 12.1. The number of nitrogens with one attached hydrogen (secondary N) is 1. The lowest BCUT2D eigenvalue weighted by Crippen LogP contribution is -2.20. The van der Waals surface area contributed by atoms with Gasteiger partial charge in [-0.15, -0.1) is 11.3 Å². The number of ether oxygens (including phenoxy) is 1. The van der Waals surface area contributed by atoms with Crippen molar-refractivity contribution in [2.24, 2.45) is 0 Å². The van der Waals surface area contributed by atoms with E-state index in [0.29, 0.717) is 10.6 Å². The molecule has 0 bridgehead atoms. The third kappa shape index (κ3) is 4.79. The van der Waals surface area contributed by atoms with Crippen LogP contribution in [0, 0.1) is 0 Å². The molecule has 0 aliphatic carbocycles. The Balaban J connectivity index is 1.93. The van der Waals surface area contributed by atoms with Crippen molar-refractivity contribution in [2.75, 3.05) is 11.9 Å². The minimum absolute atomic E-state index is 0.187. The molecule has 1 amide bonds. The average molecular weight is 367 g/mol. The summed E-state index contributed by atoms with van der Waals surface area (Å²) in [6.45, 7) is 3.79. The molecule has 5 nitrogen and oxygen atoms in total. The molecule has 2 heterocycles. The summed E-state index contributed by atoms with van der Waals surface area (Å²) in [7, 11) is 0. The van der Waals surface area contributed by atoms with Crippen LogP contribution in [0.5, 0.6) is 0 Å². The largest absolute Gasteiger partial charge is 0.451 e. The van der Waals surface area contributed by atoms with Gasteiger partial charge in [0.15, 0.2) is 11.8 Å². The molecule has 0 atom stereocenters. The van der Waals surface area contributed by atoms with Crippen LogP contribution in [0.2, 0.25) is 5.15 Å². The van der Waals surface area contributed by atoms with Crippen molar-refractivity contribution in [3.8, 4) is 0 Å². The van der Waals surface area contributed by atoms with Gasteiger partial charge in [0.05, 0.1) is 5.69 Å². The quantitative estimate of drug-likeness (QED) is 0.591. The first-order chi connectivity index (χ1) is 11.5. The van der Waals surface area contributed by atoms with E-state index in [9.17, 15) is 9.59 Å². The third-order valence-electron chi connectivity index (χ3n) is 3.32. The van der Waals surface area contributed by atoms with Crippen molar-refractivity contribution in [1.82, 2.24) is 4.98 Å². The Bertz CT molecular complexity index is 730. The SMILES string of the molecule is CCCc1sc(C(=O)OCC(=O)Nc2cccnc2Cl)cc1CC. The van der Waals surface area contributed by atoms with E-state index in [1.54, 1.807) is 12.1 Å². The van der Waals surface area contributed by atoms with Crippen LogP contribution in [0.3, 0.4) is 0 Å².